The third-order valence-electron chi connectivity index (χ3n) is 4.48. The van der Waals surface area contributed by atoms with Gasteiger partial charge in [0.1, 0.15) is 5.82 Å². The predicted octanol–water partition coefficient (Wildman–Crippen LogP) is 3.50. The fraction of sp³-hybridized carbons (Fsp3) is 0.318. The van der Waals surface area contributed by atoms with E-state index in [9.17, 15) is 4.39 Å². The molecule has 1 aliphatic rings. The summed E-state index contributed by atoms with van der Waals surface area (Å²) in [4.78, 5) is 6.98. The van der Waals surface area contributed by atoms with Crippen LogP contribution in [0.1, 0.15) is 18.1 Å². The Labute approximate surface area is 160 Å². The first kappa shape index (κ1) is 19.0. The van der Waals surface area contributed by atoms with Crippen molar-refractivity contribution in [2.45, 2.75) is 19.9 Å². The highest BCUT2D eigenvalue weighted by Crippen LogP contribution is 2.17. The quantitative estimate of drug-likeness (QED) is 0.448. The zero-order chi connectivity index (χ0) is 18.9. The smallest absolute Gasteiger partial charge is 0.191 e. The van der Waals surface area contributed by atoms with Crippen molar-refractivity contribution in [2.24, 2.45) is 4.99 Å². The summed E-state index contributed by atoms with van der Waals surface area (Å²) in [5.74, 6) is 0.586. The van der Waals surface area contributed by atoms with E-state index >= 15 is 0 Å². The van der Waals surface area contributed by atoms with Crippen molar-refractivity contribution in [3.63, 3.8) is 0 Å². The highest BCUT2D eigenvalue weighted by atomic mass is 19.1. The predicted molar refractivity (Wildman–Crippen MR) is 111 cm³/mol. The Balaban J connectivity index is 1.51. The molecule has 0 saturated carbocycles. The Morgan fingerprint density at radius 2 is 1.81 bits per heavy atom. The van der Waals surface area contributed by atoms with Crippen molar-refractivity contribution in [3.05, 3.63) is 77.6 Å². The van der Waals surface area contributed by atoms with Gasteiger partial charge in [0.05, 0.1) is 6.54 Å². The molecule has 27 heavy (non-hydrogen) atoms. The van der Waals surface area contributed by atoms with Crippen molar-refractivity contribution in [1.29, 1.82) is 0 Å². The van der Waals surface area contributed by atoms with Crippen LogP contribution in [0.2, 0.25) is 0 Å². The molecular weight excluding hydrogens is 339 g/mol. The second-order valence-electron chi connectivity index (χ2n) is 6.54. The first-order valence-electron chi connectivity index (χ1n) is 9.50. The number of guanidine groups is 1. The summed E-state index contributed by atoms with van der Waals surface area (Å²) >= 11 is 0. The molecule has 0 fully saturated rings. The molecular formula is C22H27FN4. The molecule has 0 amide bonds. The topological polar surface area (TPSA) is 39.7 Å². The van der Waals surface area contributed by atoms with Gasteiger partial charge in [-0.2, -0.15) is 0 Å². The van der Waals surface area contributed by atoms with Crippen LogP contribution in [0, 0.1) is 5.82 Å². The molecule has 4 nitrogen and oxygen atoms in total. The zero-order valence-electron chi connectivity index (χ0n) is 15.8. The van der Waals surface area contributed by atoms with E-state index in [2.05, 4.69) is 56.9 Å². The van der Waals surface area contributed by atoms with Crippen LogP contribution in [0.4, 0.5) is 10.1 Å². The molecule has 0 atom stereocenters. The van der Waals surface area contributed by atoms with E-state index in [1.165, 1.54) is 17.3 Å². The van der Waals surface area contributed by atoms with Gasteiger partial charge in [-0.25, -0.2) is 9.38 Å². The lowest BCUT2D eigenvalue weighted by Gasteiger charge is -2.17. The second kappa shape index (κ2) is 9.76. The number of hydrogen-bond donors (Lipinski definition) is 2. The largest absolute Gasteiger partial charge is 0.364 e. The summed E-state index contributed by atoms with van der Waals surface area (Å²) < 4.78 is 13.2. The van der Waals surface area contributed by atoms with Gasteiger partial charge >= 0.3 is 0 Å². The molecule has 0 spiro atoms. The lowest BCUT2D eigenvalue weighted by molar-refractivity contribution is 0.625. The maximum Gasteiger partial charge on any atom is 0.191 e. The molecule has 3 rings (SSSR count). The summed E-state index contributed by atoms with van der Waals surface area (Å²) in [6.07, 6.45) is 5.13. The van der Waals surface area contributed by atoms with Gasteiger partial charge in [0.2, 0.25) is 0 Å². The average molecular weight is 366 g/mol. The molecule has 5 heteroatoms. The molecule has 1 heterocycles. The molecule has 0 aliphatic carbocycles. The van der Waals surface area contributed by atoms with Gasteiger partial charge in [-0.1, -0.05) is 36.4 Å². The number of halogens is 1. The average Bonchev–Trinajstić information content (AvgIpc) is 3.21. The molecule has 0 unspecified atom stereocenters. The van der Waals surface area contributed by atoms with Crippen LogP contribution in [0.25, 0.3) is 0 Å². The lowest BCUT2D eigenvalue weighted by atomic mass is 10.1. The summed E-state index contributed by atoms with van der Waals surface area (Å²) in [6.45, 7) is 6.13. The van der Waals surface area contributed by atoms with Crippen LogP contribution in [0.5, 0.6) is 0 Å². The highest BCUT2D eigenvalue weighted by Gasteiger charge is 2.07. The maximum absolute atomic E-state index is 13.2. The van der Waals surface area contributed by atoms with Crippen LogP contribution >= 0.6 is 0 Å². The summed E-state index contributed by atoms with van der Waals surface area (Å²) in [6, 6.07) is 15.3. The molecule has 2 N–H and O–H groups in total. The summed E-state index contributed by atoms with van der Waals surface area (Å²) in [5.41, 5.74) is 3.39. The fourth-order valence-electron chi connectivity index (χ4n) is 3.03. The number of aliphatic imine (C=N–C) groups is 1. The van der Waals surface area contributed by atoms with Crippen molar-refractivity contribution >= 4 is 11.6 Å². The second-order valence-corrected chi connectivity index (χ2v) is 6.54. The number of benzene rings is 2. The first-order valence-corrected chi connectivity index (χ1v) is 9.50. The van der Waals surface area contributed by atoms with Crippen LogP contribution < -0.4 is 15.5 Å². The number of rotatable bonds is 7. The number of hydrogen-bond acceptors (Lipinski definition) is 2. The molecule has 0 radical (unpaired) electrons. The fourth-order valence-corrected chi connectivity index (χ4v) is 3.03. The number of nitrogens with zero attached hydrogens (tertiary/aromatic N) is 2. The van der Waals surface area contributed by atoms with E-state index in [0.29, 0.717) is 13.1 Å². The molecule has 142 valence electrons. The normalized spacial score (nSPS) is 13.9. The zero-order valence-corrected chi connectivity index (χ0v) is 15.8. The molecule has 2 aromatic carbocycles. The van der Waals surface area contributed by atoms with E-state index in [-0.39, 0.29) is 5.82 Å². The van der Waals surface area contributed by atoms with Gasteiger partial charge in [-0.3, -0.25) is 0 Å². The Bertz CT molecular complexity index is 775. The third-order valence-corrected chi connectivity index (χ3v) is 4.48. The van der Waals surface area contributed by atoms with Crippen molar-refractivity contribution in [1.82, 2.24) is 10.6 Å². The SMILES string of the molecule is CCNC(=NCc1ccc(N2CC=CC2)cc1)NCCc1cccc(F)c1. The summed E-state index contributed by atoms with van der Waals surface area (Å²) in [7, 11) is 0. The number of anilines is 1. The van der Waals surface area contributed by atoms with Crippen LogP contribution in [-0.4, -0.2) is 32.1 Å². The Morgan fingerprint density at radius 1 is 1.04 bits per heavy atom. The molecule has 2 aromatic rings. The van der Waals surface area contributed by atoms with Crippen molar-refractivity contribution < 1.29 is 4.39 Å². The lowest BCUT2D eigenvalue weighted by Crippen LogP contribution is -2.38. The minimum absolute atomic E-state index is 0.193. The van der Waals surface area contributed by atoms with E-state index in [1.54, 1.807) is 12.1 Å². The van der Waals surface area contributed by atoms with Crippen LogP contribution in [-0.2, 0) is 13.0 Å². The molecule has 0 saturated heterocycles. The Morgan fingerprint density at radius 3 is 2.52 bits per heavy atom. The summed E-state index contributed by atoms with van der Waals surface area (Å²) in [5, 5.41) is 6.57. The van der Waals surface area contributed by atoms with Crippen molar-refractivity contribution in [3.8, 4) is 0 Å². The van der Waals surface area contributed by atoms with E-state index in [0.717, 1.165) is 37.6 Å². The van der Waals surface area contributed by atoms with Gasteiger partial charge in [0.15, 0.2) is 5.96 Å². The van der Waals surface area contributed by atoms with Gasteiger partial charge in [-0.15, -0.1) is 0 Å². The van der Waals surface area contributed by atoms with Gasteiger partial charge < -0.3 is 15.5 Å². The molecule has 0 bridgehead atoms. The third kappa shape index (κ3) is 5.84. The minimum atomic E-state index is -0.193. The standard InChI is InChI=1S/C22H27FN4/c1-2-24-22(25-13-12-18-6-5-7-20(23)16-18)26-17-19-8-10-21(11-9-19)27-14-3-4-15-27/h3-11,16H,2,12-15,17H2,1H3,(H2,24,25,26). The van der Waals surface area contributed by atoms with Crippen LogP contribution in [0.15, 0.2) is 65.7 Å². The Hall–Kier alpha value is -2.82. The monoisotopic (exact) mass is 366 g/mol. The van der Waals surface area contributed by atoms with Gasteiger partial charge in [-0.05, 0) is 48.7 Å². The Kier molecular flexibility index (Phi) is 6.85. The number of nitrogens with one attached hydrogen (secondary N) is 2. The van der Waals surface area contributed by atoms with Crippen LogP contribution in [0.3, 0.4) is 0 Å². The van der Waals surface area contributed by atoms with E-state index in [1.807, 2.05) is 13.0 Å². The minimum Gasteiger partial charge on any atom is -0.364 e. The van der Waals surface area contributed by atoms with Gasteiger partial charge in [0.25, 0.3) is 0 Å². The van der Waals surface area contributed by atoms with E-state index < -0.39 is 0 Å². The first-order chi connectivity index (χ1) is 13.2. The molecule has 0 aromatic heterocycles. The van der Waals surface area contributed by atoms with Gasteiger partial charge in [0, 0.05) is 31.9 Å². The maximum atomic E-state index is 13.2. The highest BCUT2D eigenvalue weighted by molar-refractivity contribution is 5.79. The molecule has 1 aliphatic heterocycles. The van der Waals surface area contributed by atoms with E-state index in [4.69, 9.17) is 0 Å². The van der Waals surface area contributed by atoms with Crippen molar-refractivity contribution in [2.75, 3.05) is 31.1 Å².